The fourth-order valence-electron chi connectivity index (χ4n) is 3.58. The van der Waals surface area contributed by atoms with Crippen molar-refractivity contribution in [3.8, 4) is 0 Å². The van der Waals surface area contributed by atoms with Crippen molar-refractivity contribution in [3.63, 3.8) is 0 Å². The van der Waals surface area contributed by atoms with Gasteiger partial charge in [0.1, 0.15) is 0 Å². The number of rotatable bonds is 6. The molecule has 0 unspecified atom stereocenters. The van der Waals surface area contributed by atoms with Crippen LogP contribution in [0.3, 0.4) is 0 Å². The van der Waals surface area contributed by atoms with Gasteiger partial charge in [-0.15, -0.1) is 0 Å². The molecular weight excluding hydrogens is 366 g/mol. The lowest BCUT2D eigenvalue weighted by Gasteiger charge is -2.36. The van der Waals surface area contributed by atoms with Crippen molar-refractivity contribution in [2.75, 3.05) is 42.5 Å². The minimum Gasteiger partial charge on any atom is -0.368 e. The second-order valence-corrected chi connectivity index (χ2v) is 7.23. The molecule has 2 aromatic carbocycles. The molecule has 2 aromatic rings. The van der Waals surface area contributed by atoms with Crippen molar-refractivity contribution >= 4 is 29.0 Å². The Morgan fingerprint density at radius 2 is 1.59 bits per heavy atom. The van der Waals surface area contributed by atoms with E-state index in [0.717, 1.165) is 13.1 Å². The molecule has 0 radical (unpaired) electrons. The fraction of sp³-hybridized carbons (Fsp3) is 0.348. The van der Waals surface area contributed by atoms with Crippen LogP contribution in [0, 0.1) is 0 Å². The Kier molecular flexibility index (Phi) is 6.65. The van der Waals surface area contributed by atoms with Crippen LogP contribution in [-0.4, -0.2) is 55.2 Å². The lowest BCUT2D eigenvalue weighted by atomic mass is 10.1. The molecule has 0 spiro atoms. The van der Waals surface area contributed by atoms with Gasteiger partial charge in [0.25, 0.3) is 0 Å². The van der Waals surface area contributed by atoms with Crippen LogP contribution in [0.4, 0.5) is 11.4 Å². The van der Waals surface area contributed by atoms with Crippen LogP contribution in [0.25, 0.3) is 0 Å². The summed E-state index contributed by atoms with van der Waals surface area (Å²) in [5.74, 6) is -0.151. The summed E-state index contributed by atoms with van der Waals surface area (Å²) in [6.45, 7) is 6.22. The summed E-state index contributed by atoms with van der Waals surface area (Å²) in [6, 6.07) is 17.2. The summed E-state index contributed by atoms with van der Waals surface area (Å²) in [5.41, 5.74) is 2.37. The maximum absolute atomic E-state index is 12.7. The lowest BCUT2D eigenvalue weighted by molar-refractivity contribution is -0.131. The topological polar surface area (TPSA) is 60.9 Å². The Labute approximate surface area is 171 Å². The van der Waals surface area contributed by atoms with E-state index in [1.165, 1.54) is 19.5 Å². The third-order valence-electron chi connectivity index (χ3n) is 5.25. The number of hydrogen-bond donors (Lipinski definition) is 0. The summed E-state index contributed by atoms with van der Waals surface area (Å²) in [5, 5.41) is 0. The smallest absolute Gasteiger partial charge is 0.224 e. The number of benzene rings is 2. The third kappa shape index (κ3) is 5.22. The molecule has 1 saturated heterocycles. The van der Waals surface area contributed by atoms with E-state index < -0.39 is 0 Å². The highest BCUT2D eigenvalue weighted by molar-refractivity contribution is 5.97. The third-order valence-corrected chi connectivity index (χ3v) is 5.25. The zero-order valence-electron chi connectivity index (χ0n) is 17.0. The predicted octanol–water partition coefficient (Wildman–Crippen LogP) is 2.98. The first-order chi connectivity index (χ1) is 14.0. The summed E-state index contributed by atoms with van der Waals surface area (Å²) in [6.07, 6.45) is 0.259. The first-order valence-corrected chi connectivity index (χ1v) is 9.92. The van der Waals surface area contributed by atoms with E-state index in [1.807, 2.05) is 23.1 Å². The van der Waals surface area contributed by atoms with Gasteiger partial charge in [-0.05, 0) is 31.2 Å². The average molecular weight is 393 g/mol. The van der Waals surface area contributed by atoms with Crippen molar-refractivity contribution in [1.82, 2.24) is 4.90 Å². The van der Waals surface area contributed by atoms with Gasteiger partial charge in [-0.3, -0.25) is 14.4 Å². The summed E-state index contributed by atoms with van der Waals surface area (Å²) >= 11 is 0. The maximum atomic E-state index is 12.7. The molecule has 1 fully saturated rings. The molecule has 3 rings (SSSR count). The molecule has 0 aromatic heterocycles. The van der Waals surface area contributed by atoms with Gasteiger partial charge in [0.15, 0.2) is 5.78 Å². The maximum Gasteiger partial charge on any atom is 0.224 e. The Morgan fingerprint density at radius 3 is 2.21 bits per heavy atom. The molecule has 1 heterocycles. The number of piperazine rings is 1. The van der Waals surface area contributed by atoms with E-state index >= 15 is 0 Å². The fourth-order valence-corrected chi connectivity index (χ4v) is 3.58. The highest BCUT2D eigenvalue weighted by Gasteiger charge is 2.22. The van der Waals surface area contributed by atoms with Crippen molar-refractivity contribution in [1.29, 1.82) is 0 Å². The number of Topliss-reactive ketones (excluding diaryl/α,β-unsaturated/α-hetero) is 1. The molecule has 0 bridgehead atoms. The van der Waals surface area contributed by atoms with E-state index in [4.69, 9.17) is 0 Å². The van der Waals surface area contributed by atoms with Gasteiger partial charge in [-0.2, -0.15) is 0 Å². The van der Waals surface area contributed by atoms with E-state index in [0.29, 0.717) is 30.9 Å². The molecule has 0 aliphatic carbocycles. The van der Waals surface area contributed by atoms with Crippen LogP contribution in [-0.2, 0) is 9.59 Å². The molecule has 6 heteroatoms. The Morgan fingerprint density at radius 1 is 0.897 bits per heavy atom. The van der Waals surface area contributed by atoms with Crippen LogP contribution in [0.5, 0.6) is 0 Å². The van der Waals surface area contributed by atoms with Crippen LogP contribution in [0.1, 0.15) is 30.6 Å². The number of para-hydroxylation sites is 1. The standard InChI is InChI=1S/C23H27N3O3/c1-18(27)20-7-6-10-22(17-20)26(19(2)28)12-11-23(29)25-15-13-24(14-16-25)21-8-4-3-5-9-21/h3-10,17H,11-16H2,1-2H3. The zero-order chi connectivity index (χ0) is 20.8. The largest absolute Gasteiger partial charge is 0.368 e. The first-order valence-electron chi connectivity index (χ1n) is 9.92. The SMILES string of the molecule is CC(=O)c1cccc(N(CCC(=O)N2CCN(c3ccccc3)CC2)C(C)=O)c1. The van der Waals surface area contributed by atoms with Gasteiger partial charge in [0.05, 0.1) is 0 Å². The number of nitrogens with zero attached hydrogens (tertiary/aromatic N) is 3. The van der Waals surface area contributed by atoms with Crippen LogP contribution < -0.4 is 9.80 Å². The van der Waals surface area contributed by atoms with E-state index in [2.05, 4.69) is 17.0 Å². The van der Waals surface area contributed by atoms with Gasteiger partial charge in [0, 0.05) is 63.0 Å². The average Bonchev–Trinajstić information content (AvgIpc) is 2.74. The molecule has 2 amide bonds. The second-order valence-electron chi connectivity index (χ2n) is 7.23. The van der Waals surface area contributed by atoms with E-state index in [9.17, 15) is 14.4 Å². The molecule has 0 atom stereocenters. The predicted molar refractivity (Wildman–Crippen MR) is 114 cm³/mol. The van der Waals surface area contributed by atoms with Gasteiger partial charge in [-0.1, -0.05) is 30.3 Å². The molecule has 152 valence electrons. The molecule has 1 aliphatic rings. The van der Waals surface area contributed by atoms with Crippen molar-refractivity contribution < 1.29 is 14.4 Å². The summed E-state index contributed by atoms with van der Waals surface area (Å²) in [4.78, 5) is 42.1. The monoisotopic (exact) mass is 393 g/mol. The van der Waals surface area contributed by atoms with E-state index in [-0.39, 0.29) is 24.0 Å². The molecule has 1 aliphatic heterocycles. The normalized spacial score (nSPS) is 13.9. The summed E-state index contributed by atoms with van der Waals surface area (Å²) in [7, 11) is 0. The molecule has 0 saturated carbocycles. The van der Waals surface area contributed by atoms with Crippen LogP contribution in [0.15, 0.2) is 54.6 Å². The molecule has 29 heavy (non-hydrogen) atoms. The van der Waals surface area contributed by atoms with Gasteiger partial charge in [0.2, 0.25) is 11.8 Å². The lowest BCUT2D eigenvalue weighted by Crippen LogP contribution is -2.49. The molecule has 0 N–H and O–H groups in total. The minimum absolute atomic E-state index is 0.0479. The Hall–Kier alpha value is -3.15. The molecular formula is C23H27N3O3. The number of hydrogen-bond acceptors (Lipinski definition) is 4. The highest BCUT2D eigenvalue weighted by atomic mass is 16.2. The number of amides is 2. The number of carbonyl (C=O) groups excluding carboxylic acids is 3. The number of ketones is 1. The highest BCUT2D eigenvalue weighted by Crippen LogP contribution is 2.19. The van der Waals surface area contributed by atoms with Gasteiger partial charge in [-0.25, -0.2) is 0 Å². The summed E-state index contributed by atoms with van der Waals surface area (Å²) < 4.78 is 0. The minimum atomic E-state index is -0.146. The number of anilines is 2. The van der Waals surface area contributed by atoms with E-state index in [1.54, 1.807) is 29.2 Å². The van der Waals surface area contributed by atoms with Crippen molar-refractivity contribution in [2.24, 2.45) is 0 Å². The Balaban J connectivity index is 1.57. The van der Waals surface area contributed by atoms with Crippen molar-refractivity contribution in [3.05, 3.63) is 60.2 Å². The quantitative estimate of drug-likeness (QED) is 0.708. The number of carbonyl (C=O) groups is 3. The second kappa shape index (κ2) is 9.37. The van der Waals surface area contributed by atoms with Crippen LogP contribution >= 0.6 is 0 Å². The zero-order valence-corrected chi connectivity index (χ0v) is 17.0. The molecule has 6 nitrogen and oxygen atoms in total. The first kappa shape index (κ1) is 20.6. The van der Waals surface area contributed by atoms with Crippen molar-refractivity contribution in [2.45, 2.75) is 20.3 Å². The van der Waals surface area contributed by atoms with Gasteiger partial charge < -0.3 is 14.7 Å². The van der Waals surface area contributed by atoms with Crippen LogP contribution in [0.2, 0.25) is 0 Å². The van der Waals surface area contributed by atoms with Gasteiger partial charge >= 0.3 is 0 Å². The Bertz CT molecular complexity index is 874.